The summed E-state index contributed by atoms with van der Waals surface area (Å²) >= 11 is 0. The van der Waals surface area contributed by atoms with E-state index in [0.29, 0.717) is 23.5 Å². The Morgan fingerprint density at radius 2 is 1.48 bits per heavy atom. The van der Waals surface area contributed by atoms with Crippen LogP contribution in [0.4, 0.5) is 5.69 Å². The van der Waals surface area contributed by atoms with Crippen LogP contribution in [-0.4, -0.2) is 49.4 Å². The van der Waals surface area contributed by atoms with E-state index in [9.17, 15) is 14.4 Å². The molecule has 0 fully saturated rings. The molecule has 0 aromatic heterocycles. The van der Waals surface area contributed by atoms with E-state index in [2.05, 4.69) is 10.6 Å². The highest BCUT2D eigenvalue weighted by molar-refractivity contribution is 5.98. The van der Waals surface area contributed by atoms with E-state index in [-0.39, 0.29) is 30.8 Å². The fraction of sp³-hybridized carbons (Fsp3) is 0.192. The first-order valence-corrected chi connectivity index (χ1v) is 10.7. The lowest BCUT2D eigenvalue weighted by Crippen LogP contribution is -2.43. The second-order valence-electron chi connectivity index (χ2n) is 7.28. The van der Waals surface area contributed by atoms with Crippen molar-refractivity contribution >= 4 is 23.4 Å². The molecular formula is C26H27N3O4. The first kappa shape index (κ1) is 23.5. The summed E-state index contributed by atoms with van der Waals surface area (Å²) in [6, 6.07) is 24.1. The monoisotopic (exact) mass is 445 g/mol. The van der Waals surface area contributed by atoms with Crippen LogP contribution < -0.4 is 15.4 Å². The maximum Gasteiger partial charge on any atom is 0.251 e. The number of rotatable bonds is 9. The van der Waals surface area contributed by atoms with Crippen LogP contribution in [0.25, 0.3) is 11.1 Å². The fourth-order valence-corrected chi connectivity index (χ4v) is 3.30. The summed E-state index contributed by atoms with van der Waals surface area (Å²) in [7, 11) is 1.52. The van der Waals surface area contributed by atoms with Crippen molar-refractivity contribution in [1.29, 1.82) is 0 Å². The maximum atomic E-state index is 12.6. The molecule has 0 heterocycles. The number of hydrogen-bond donors (Lipinski definition) is 2. The number of benzene rings is 3. The average Bonchev–Trinajstić information content (AvgIpc) is 2.86. The molecule has 170 valence electrons. The van der Waals surface area contributed by atoms with Gasteiger partial charge in [-0.1, -0.05) is 54.6 Å². The van der Waals surface area contributed by atoms with Gasteiger partial charge in [-0.15, -0.1) is 0 Å². The molecule has 0 aliphatic carbocycles. The number of hydrogen-bond acceptors (Lipinski definition) is 4. The second kappa shape index (κ2) is 11.5. The molecule has 0 unspecified atom stereocenters. The quantitative estimate of drug-likeness (QED) is 0.527. The standard InChI is InChI=1S/C26H27N3O4/c1-3-29(18-24(30)28-22-11-7-8-12-23(22)33-2)25(31)17-27-26(32)21-15-13-20(14-16-21)19-9-5-4-6-10-19/h4-16H,3,17-18H2,1-2H3,(H,27,32)(H,28,30). The minimum Gasteiger partial charge on any atom is -0.495 e. The number of carbonyl (C=O) groups is 3. The van der Waals surface area contributed by atoms with E-state index >= 15 is 0 Å². The SMILES string of the molecule is CCN(CC(=O)Nc1ccccc1OC)C(=O)CNC(=O)c1ccc(-c2ccccc2)cc1. The Hall–Kier alpha value is -4.13. The van der Waals surface area contributed by atoms with Gasteiger partial charge in [-0.3, -0.25) is 14.4 Å². The third-order valence-corrected chi connectivity index (χ3v) is 5.10. The van der Waals surface area contributed by atoms with Crippen LogP contribution in [0.5, 0.6) is 5.75 Å². The molecule has 0 aliphatic heterocycles. The Morgan fingerprint density at radius 1 is 0.848 bits per heavy atom. The lowest BCUT2D eigenvalue weighted by atomic mass is 10.0. The molecule has 0 saturated carbocycles. The Kier molecular flexibility index (Phi) is 8.18. The highest BCUT2D eigenvalue weighted by Crippen LogP contribution is 2.23. The number of ether oxygens (including phenoxy) is 1. The van der Waals surface area contributed by atoms with E-state index in [1.165, 1.54) is 12.0 Å². The third kappa shape index (κ3) is 6.43. The van der Waals surface area contributed by atoms with Gasteiger partial charge >= 0.3 is 0 Å². The van der Waals surface area contributed by atoms with Crippen molar-refractivity contribution in [2.45, 2.75) is 6.92 Å². The Balaban J connectivity index is 1.52. The molecule has 0 bridgehead atoms. The molecule has 3 aromatic carbocycles. The summed E-state index contributed by atoms with van der Waals surface area (Å²) in [6.45, 7) is 1.78. The summed E-state index contributed by atoms with van der Waals surface area (Å²) in [4.78, 5) is 38.8. The van der Waals surface area contributed by atoms with Crippen LogP contribution in [0.3, 0.4) is 0 Å². The molecule has 0 aliphatic rings. The maximum absolute atomic E-state index is 12.6. The van der Waals surface area contributed by atoms with Gasteiger partial charge in [0.05, 0.1) is 25.9 Å². The first-order valence-electron chi connectivity index (χ1n) is 10.7. The van der Waals surface area contributed by atoms with Crippen molar-refractivity contribution in [3.63, 3.8) is 0 Å². The minimum atomic E-state index is -0.350. The average molecular weight is 446 g/mol. The summed E-state index contributed by atoms with van der Waals surface area (Å²) in [5.74, 6) is -0.511. The largest absolute Gasteiger partial charge is 0.495 e. The zero-order chi connectivity index (χ0) is 23.6. The Morgan fingerprint density at radius 3 is 2.15 bits per heavy atom. The number of likely N-dealkylation sites (N-methyl/N-ethyl adjacent to an activating group) is 1. The van der Waals surface area contributed by atoms with Gasteiger partial charge < -0.3 is 20.3 Å². The molecule has 0 atom stereocenters. The number of anilines is 1. The van der Waals surface area contributed by atoms with Crippen LogP contribution in [-0.2, 0) is 9.59 Å². The van der Waals surface area contributed by atoms with Gasteiger partial charge in [0.2, 0.25) is 11.8 Å². The van der Waals surface area contributed by atoms with Gasteiger partial charge in [-0.05, 0) is 42.3 Å². The van der Waals surface area contributed by atoms with Crippen molar-refractivity contribution in [3.8, 4) is 16.9 Å². The second-order valence-corrected chi connectivity index (χ2v) is 7.28. The van der Waals surface area contributed by atoms with Crippen LogP contribution in [0.1, 0.15) is 17.3 Å². The van der Waals surface area contributed by atoms with Crippen LogP contribution in [0.2, 0.25) is 0 Å². The molecule has 3 amide bonds. The zero-order valence-electron chi connectivity index (χ0n) is 18.7. The van der Waals surface area contributed by atoms with Crippen LogP contribution >= 0.6 is 0 Å². The number of nitrogens with one attached hydrogen (secondary N) is 2. The molecule has 3 aromatic rings. The summed E-state index contributed by atoms with van der Waals surface area (Å²) in [5.41, 5.74) is 3.05. The third-order valence-electron chi connectivity index (χ3n) is 5.10. The lowest BCUT2D eigenvalue weighted by molar-refractivity contribution is -0.133. The van der Waals surface area contributed by atoms with E-state index in [4.69, 9.17) is 4.74 Å². The number of amides is 3. The van der Waals surface area contributed by atoms with Gasteiger partial charge in [0.25, 0.3) is 5.91 Å². The topological polar surface area (TPSA) is 87.7 Å². The molecule has 33 heavy (non-hydrogen) atoms. The van der Waals surface area contributed by atoms with Gasteiger partial charge in [-0.25, -0.2) is 0 Å². The van der Waals surface area contributed by atoms with Crippen molar-refractivity contribution in [3.05, 3.63) is 84.4 Å². The summed E-state index contributed by atoms with van der Waals surface area (Å²) in [6.07, 6.45) is 0. The van der Waals surface area contributed by atoms with E-state index in [1.807, 2.05) is 42.5 Å². The van der Waals surface area contributed by atoms with E-state index < -0.39 is 0 Å². The Bertz CT molecular complexity index is 1100. The van der Waals surface area contributed by atoms with Gasteiger partial charge in [0.15, 0.2) is 0 Å². The predicted molar refractivity (Wildman–Crippen MR) is 128 cm³/mol. The molecule has 0 radical (unpaired) electrons. The predicted octanol–water partition coefficient (Wildman–Crippen LogP) is 3.58. The van der Waals surface area contributed by atoms with Gasteiger partial charge in [0.1, 0.15) is 5.75 Å². The molecule has 0 saturated heterocycles. The number of para-hydroxylation sites is 2. The lowest BCUT2D eigenvalue weighted by Gasteiger charge is -2.21. The summed E-state index contributed by atoms with van der Waals surface area (Å²) < 4.78 is 5.22. The number of carbonyl (C=O) groups excluding carboxylic acids is 3. The van der Waals surface area contributed by atoms with E-state index in [1.54, 1.807) is 43.3 Å². The molecule has 7 nitrogen and oxygen atoms in total. The van der Waals surface area contributed by atoms with Gasteiger partial charge in [-0.2, -0.15) is 0 Å². The van der Waals surface area contributed by atoms with Gasteiger partial charge in [0, 0.05) is 12.1 Å². The molecule has 7 heteroatoms. The fourth-order valence-electron chi connectivity index (χ4n) is 3.30. The Labute approximate surface area is 193 Å². The molecule has 2 N–H and O–H groups in total. The van der Waals surface area contributed by atoms with Crippen molar-refractivity contribution in [1.82, 2.24) is 10.2 Å². The normalized spacial score (nSPS) is 10.2. The smallest absolute Gasteiger partial charge is 0.251 e. The summed E-state index contributed by atoms with van der Waals surface area (Å²) in [5, 5.41) is 5.38. The van der Waals surface area contributed by atoms with E-state index in [0.717, 1.165) is 11.1 Å². The minimum absolute atomic E-state index is 0.130. The molecular weight excluding hydrogens is 418 g/mol. The molecule has 0 spiro atoms. The first-order chi connectivity index (χ1) is 16.0. The zero-order valence-corrected chi connectivity index (χ0v) is 18.7. The van der Waals surface area contributed by atoms with Crippen molar-refractivity contribution < 1.29 is 19.1 Å². The number of methoxy groups -OCH3 is 1. The highest BCUT2D eigenvalue weighted by Gasteiger charge is 2.17. The highest BCUT2D eigenvalue weighted by atomic mass is 16.5. The van der Waals surface area contributed by atoms with Crippen LogP contribution in [0.15, 0.2) is 78.9 Å². The van der Waals surface area contributed by atoms with Crippen LogP contribution in [0, 0.1) is 0 Å². The van der Waals surface area contributed by atoms with Crippen molar-refractivity contribution in [2.75, 3.05) is 32.1 Å². The number of nitrogens with zero attached hydrogens (tertiary/aromatic N) is 1. The van der Waals surface area contributed by atoms with Crippen molar-refractivity contribution in [2.24, 2.45) is 0 Å². The molecule has 3 rings (SSSR count).